The molecule has 0 aliphatic rings. The van der Waals surface area contributed by atoms with E-state index in [1.54, 1.807) is 38.1 Å². The van der Waals surface area contributed by atoms with E-state index < -0.39 is 6.61 Å². The molecule has 2 rings (SSSR count). The van der Waals surface area contributed by atoms with Crippen LogP contribution >= 0.6 is 0 Å². The van der Waals surface area contributed by atoms with Gasteiger partial charge in [-0.15, -0.1) is 0 Å². The third-order valence-corrected chi connectivity index (χ3v) is 2.81. The Morgan fingerprint density at radius 3 is 2.67 bits per heavy atom. The molecule has 0 aliphatic carbocycles. The number of hydrogen-bond acceptors (Lipinski definition) is 4. The summed E-state index contributed by atoms with van der Waals surface area (Å²) in [4.78, 5) is 4.24. The summed E-state index contributed by atoms with van der Waals surface area (Å²) in [5, 5.41) is 12.1. The second kappa shape index (κ2) is 6.18. The number of pyridine rings is 1. The van der Waals surface area contributed by atoms with Crippen molar-refractivity contribution in [2.24, 2.45) is 0 Å². The van der Waals surface area contributed by atoms with Gasteiger partial charge in [0.05, 0.1) is 11.3 Å². The third-order valence-electron chi connectivity index (χ3n) is 2.81. The van der Waals surface area contributed by atoms with Gasteiger partial charge in [0, 0.05) is 5.69 Å². The molecule has 0 atom stereocenters. The van der Waals surface area contributed by atoms with Crippen LogP contribution in [0, 0.1) is 25.2 Å². The first-order valence-electron chi connectivity index (χ1n) is 6.20. The van der Waals surface area contributed by atoms with Crippen molar-refractivity contribution >= 4 is 11.5 Å². The van der Waals surface area contributed by atoms with Crippen molar-refractivity contribution in [2.75, 3.05) is 5.32 Å². The first-order chi connectivity index (χ1) is 10.0. The van der Waals surface area contributed by atoms with Gasteiger partial charge < -0.3 is 10.1 Å². The lowest BCUT2D eigenvalue weighted by molar-refractivity contribution is -0.0493. The summed E-state index contributed by atoms with van der Waals surface area (Å²) in [6, 6.07) is 10.1. The minimum atomic E-state index is -2.92. The van der Waals surface area contributed by atoms with E-state index in [2.05, 4.69) is 21.1 Å². The zero-order valence-corrected chi connectivity index (χ0v) is 11.5. The second-order valence-corrected chi connectivity index (χ2v) is 4.42. The first-order valence-corrected chi connectivity index (χ1v) is 6.20. The Kier molecular flexibility index (Phi) is 4.33. The fourth-order valence-corrected chi connectivity index (χ4v) is 1.96. The smallest absolute Gasteiger partial charge is 0.387 e. The van der Waals surface area contributed by atoms with E-state index in [1.807, 2.05) is 0 Å². The lowest BCUT2D eigenvalue weighted by Gasteiger charge is -2.14. The predicted octanol–water partition coefficient (Wildman–Crippen LogP) is 3.92. The van der Waals surface area contributed by atoms with Crippen molar-refractivity contribution in [2.45, 2.75) is 20.5 Å². The summed E-state index contributed by atoms with van der Waals surface area (Å²) in [6.07, 6.45) is 0. The topological polar surface area (TPSA) is 57.9 Å². The molecule has 0 radical (unpaired) electrons. The monoisotopic (exact) mass is 289 g/mol. The Balaban J connectivity index is 2.42. The van der Waals surface area contributed by atoms with Gasteiger partial charge in [-0.2, -0.15) is 14.0 Å². The number of alkyl halides is 2. The van der Waals surface area contributed by atoms with Crippen molar-refractivity contribution < 1.29 is 13.5 Å². The highest BCUT2D eigenvalue weighted by atomic mass is 19.3. The maximum Gasteiger partial charge on any atom is 0.387 e. The second-order valence-electron chi connectivity index (χ2n) is 4.42. The molecule has 4 nitrogen and oxygen atoms in total. The SMILES string of the molecule is Cc1cc(C)c(C#N)c(Nc2ccccc2OC(F)F)n1. The van der Waals surface area contributed by atoms with Crippen LogP contribution in [-0.4, -0.2) is 11.6 Å². The molecule has 0 saturated heterocycles. The van der Waals surface area contributed by atoms with E-state index in [0.29, 0.717) is 17.1 Å². The quantitative estimate of drug-likeness (QED) is 0.927. The van der Waals surface area contributed by atoms with Crippen LogP contribution in [0.5, 0.6) is 5.75 Å². The van der Waals surface area contributed by atoms with Crippen LogP contribution in [0.25, 0.3) is 0 Å². The van der Waals surface area contributed by atoms with Gasteiger partial charge in [-0.25, -0.2) is 4.98 Å². The molecule has 21 heavy (non-hydrogen) atoms. The molecule has 0 fully saturated rings. The highest BCUT2D eigenvalue weighted by molar-refractivity contribution is 5.69. The molecular formula is C15H13F2N3O. The number of anilines is 2. The van der Waals surface area contributed by atoms with Gasteiger partial charge in [0.25, 0.3) is 0 Å². The lowest BCUT2D eigenvalue weighted by atomic mass is 10.1. The Labute approximate surface area is 121 Å². The summed E-state index contributed by atoms with van der Waals surface area (Å²) >= 11 is 0. The number of nitrogens with zero attached hydrogens (tertiary/aromatic N) is 2. The number of aromatic nitrogens is 1. The highest BCUT2D eigenvalue weighted by Crippen LogP contribution is 2.30. The standard InChI is InChI=1S/C15H13F2N3O/c1-9-7-10(2)19-14(11(9)8-18)20-12-5-3-4-6-13(12)21-15(16)17/h3-7,15H,1-2H3,(H,19,20). The van der Waals surface area contributed by atoms with Crippen LogP contribution in [-0.2, 0) is 0 Å². The number of rotatable bonds is 4. The zero-order chi connectivity index (χ0) is 15.4. The summed E-state index contributed by atoms with van der Waals surface area (Å²) in [6.45, 7) is 0.663. The van der Waals surface area contributed by atoms with Crippen molar-refractivity contribution in [3.8, 4) is 11.8 Å². The molecule has 2 aromatic rings. The van der Waals surface area contributed by atoms with Gasteiger partial charge in [0.2, 0.25) is 0 Å². The van der Waals surface area contributed by atoms with Crippen LogP contribution < -0.4 is 10.1 Å². The summed E-state index contributed by atoms with van der Waals surface area (Å²) < 4.78 is 29.2. The molecule has 108 valence electrons. The van der Waals surface area contributed by atoms with E-state index in [-0.39, 0.29) is 5.75 Å². The van der Waals surface area contributed by atoms with E-state index in [4.69, 9.17) is 0 Å². The molecule has 0 unspecified atom stereocenters. The molecule has 1 N–H and O–H groups in total. The van der Waals surface area contributed by atoms with Gasteiger partial charge in [-0.3, -0.25) is 0 Å². The number of benzene rings is 1. The maximum atomic E-state index is 12.4. The number of ether oxygens (including phenoxy) is 1. The van der Waals surface area contributed by atoms with Crippen LogP contribution in [0.1, 0.15) is 16.8 Å². The molecule has 0 aliphatic heterocycles. The fourth-order valence-electron chi connectivity index (χ4n) is 1.96. The Morgan fingerprint density at radius 2 is 2.00 bits per heavy atom. The van der Waals surface area contributed by atoms with Gasteiger partial charge in [-0.05, 0) is 37.6 Å². The fraction of sp³-hybridized carbons (Fsp3) is 0.200. The van der Waals surface area contributed by atoms with Gasteiger partial charge in [0.15, 0.2) is 0 Å². The molecule has 0 saturated carbocycles. The molecule has 1 aromatic carbocycles. The number of para-hydroxylation sites is 2. The van der Waals surface area contributed by atoms with Crippen LogP contribution in [0.4, 0.5) is 20.3 Å². The largest absolute Gasteiger partial charge is 0.433 e. The lowest BCUT2D eigenvalue weighted by Crippen LogP contribution is -2.06. The van der Waals surface area contributed by atoms with Gasteiger partial charge in [-0.1, -0.05) is 12.1 Å². The average molecular weight is 289 g/mol. The Morgan fingerprint density at radius 1 is 1.29 bits per heavy atom. The van der Waals surface area contributed by atoms with Gasteiger partial charge in [0.1, 0.15) is 17.6 Å². The molecule has 0 spiro atoms. The normalized spacial score (nSPS) is 10.3. The first kappa shape index (κ1) is 14.7. The van der Waals surface area contributed by atoms with Crippen molar-refractivity contribution in [3.05, 3.63) is 47.2 Å². The number of hydrogen-bond donors (Lipinski definition) is 1. The maximum absolute atomic E-state index is 12.4. The minimum absolute atomic E-state index is 0.00245. The van der Waals surface area contributed by atoms with Crippen LogP contribution in [0.15, 0.2) is 30.3 Å². The number of aryl methyl sites for hydroxylation is 2. The van der Waals surface area contributed by atoms with Crippen molar-refractivity contribution in [1.29, 1.82) is 5.26 Å². The summed E-state index contributed by atoms with van der Waals surface area (Å²) in [7, 11) is 0. The Hall–Kier alpha value is -2.68. The predicted molar refractivity (Wildman–Crippen MR) is 74.8 cm³/mol. The molecule has 1 heterocycles. The highest BCUT2D eigenvalue weighted by Gasteiger charge is 2.13. The van der Waals surface area contributed by atoms with Crippen molar-refractivity contribution in [3.63, 3.8) is 0 Å². The van der Waals surface area contributed by atoms with Crippen molar-refractivity contribution in [1.82, 2.24) is 4.98 Å². The minimum Gasteiger partial charge on any atom is -0.433 e. The molecule has 0 amide bonds. The van der Waals surface area contributed by atoms with Crippen LogP contribution in [0.3, 0.4) is 0 Å². The number of nitriles is 1. The molecule has 6 heteroatoms. The van der Waals surface area contributed by atoms with Gasteiger partial charge >= 0.3 is 6.61 Å². The number of nitrogens with one attached hydrogen (secondary N) is 1. The summed E-state index contributed by atoms with van der Waals surface area (Å²) in [5.41, 5.74) is 2.18. The van der Waals surface area contributed by atoms with E-state index in [1.165, 1.54) is 6.07 Å². The third kappa shape index (κ3) is 3.45. The molecule has 0 bridgehead atoms. The summed E-state index contributed by atoms with van der Waals surface area (Å²) in [5.74, 6) is 0.317. The Bertz CT molecular complexity index is 696. The van der Waals surface area contributed by atoms with E-state index in [9.17, 15) is 14.0 Å². The van der Waals surface area contributed by atoms with E-state index in [0.717, 1.165) is 11.3 Å². The number of halogens is 2. The van der Waals surface area contributed by atoms with E-state index >= 15 is 0 Å². The average Bonchev–Trinajstić information content (AvgIpc) is 2.40. The zero-order valence-electron chi connectivity index (χ0n) is 11.5. The van der Waals surface area contributed by atoms with Crippen LogP contribution in [0.2, 0.25) is 0 Å². The molecule has 1 aromatic heterocycles. The molecular weight excluding hydrogens is 276 g/mol.